The van der Waals surface area contributed by atoms with Crippen LogP contribution in [0.25, 0.3) is 0 Å². The minimum atomic E-state index is 0.364. The Morgan fingerprint density at radius 2 is 2.38 bits per heavy atom. The molecule has 0 saturated carbocycles. The van der Waals surface area contributed by atoms with Crippen LogP contribution in [0.2, 0.25) is 0 Å². The lowest BCUT2D eigenvalue weighted by Gasteiger charge is -2.15. The summed E-state index contributed by atoms with van der Waals surface area (Å²) in [4.78, 5) is 5.35. The van der Waals surface area contributed by atoms with E-state index in [4.69, 9.17) is 5.73 Å². The van der Waals surface area contributed by atoms with Crippen LogP contribution < -0.4 is 11.1 Å². The standard InChI is InChI=1S/C12H15N3S/c1-9(7-10-3-2-6-16-10)15-12-4-5-14-8-11(12)13/h2-6,8-9H,7,13H2,1H3,(H,14,15). The van der Waals surface area contributed by atoms with Gasteiger partial charge in [0.2, 0.25) is 0 Å². The summed E-state index contributed by atoms with van der Waals surface area (Å²) in [6, 6.07) is 6.50. The molecule has 1 atom stereocenters. The van der Waals surface area contributed by atoms with Crippen LogP contribution in [-0.2, 0) is 6.42 Å². The van der Waals surface area contributed by atoms with Crippen LogP contribution in [0.1, 0.15) is 11.8 Å². The minimum absolute atomic E-state index is 0.364. The van der Waals surface area contributed by atoms with Gasteiger partial charge < -0.3 is 11.1 Å². The highest BCUT2D eigenvalue weighted by Gasteiger charge is 2.06. The molecule has 3 N–H and O–H groups in total. The van der Waals surface area contributed by atoms with Crippen LogP contribution >= 0.6 is 11.3 Å². The number of nitrogens with two attached hydrogens (primary N) is 1. The number of thiophene rings is 1. The molecular weight excluding hydrogens is 218 g/mol. The van der Waals surface area contributed by atoms with Crippen molar-refractivity contribution in [2.24, 2.45) is 0 Å². The molecule has 1 unspecified atom stereocenters. The summed E-state index contributed by atoms with van der Waals surface area (Å²) in [5.41, 5.74) is 7.47. The quantitative estimate of drug-likeness (QED) is 0.853. The maximum atomic E-state index is 5.82. The summed E-state index contributed by atoms with van der Waals surface area (Å²) in [5, 5.41) is 5.49. The van der Waals surface area contributed by atoms with Gasteiger partial charge in [-0.05, 0) is 24.4 Å². The molecule has 0 amide bonds. The van der Waals surface area contributed by atoms with Gasteiger partial charge in [0.05, 0.1) is 17.6 Å². The maximum absolute atomic E-state index is 5.82. The Morgan fingerprint density at radius 3 is 3.06 bits per heavy atom. The van der Waals surface area contributed by atoms with Crippen LogP contribution in [0.3, 0.4) is 0 Å². The Bertz CT molecular complexity index is 439. The number of hydrogen-bond acceptors (Lipinski definition) is 4. The van der Waals surface area contributed by atoms with Crippen LogP contribution in [0, 0.1) is 0 Å². The number of nitrogens with zero attached hydrogens (tertiary/aromatic N) is 1. The first-order valence-electron chi connectivity index (χ1n) is 5.24. The molecule has 0 spiro atoms. The lowest BCUT2D eigenvalue weighted by molar-refractivity contribution is 0.801. The fourth-order valence-electron chi connectivity index (χ4n) is 1.59. The Balaban J connectivity index is 1.97. The molecule has 0 bridgehead atoms. The van der Waals surface area contributed by atoms with Gasteiger partial charge >= 0.3 is 0 Å². The van der Waals surface area contributed by atoms with Crippen molar-refractivity contribution in [3.8, 4) is 0 Å². The number of anilines is 2. The Kier molecular flexibility index (Phi) is 3.41. The van der Waals surface area contributed by atoms with E-state index in [0.717, 1.165) is 12.1 Å². The van der Waals surface area contributed by atoms with E-state index in [0.29, 0.717) is 11.7 Å². The van der Waals surface area contributed by atoms with E-state index in [1.165, 1.54) is 4.88 Å². The molecule has 0 aliphatic heterocycles. The Morgan fingerprint density at radius 1 is 1.50 bits per heavy atom. The highest BCUT2D eigenvalue weighted by molar-refractivity contribution is 7.09. The molecule has 2 aromatic rings. The van der Waals surface area contributed by atoms with Crippen molar-refractivity contribution < 1.29 is 0 Å². The third kappa shape index (κ3) is 2.73. The number of hydrogen-bond donors (Lipinski definition) is 2. The van der Waals surface area contributed by atoms with Crippen LogP contribution in [0.4, 0.5) is 11.4 Å². The highest BCUT2D eigenvalue weighted by Crippen LogP contribution is 2.18. The fraction of sp³-hybridized carbons (Fsp3) is 0.250. The van der Waals surface area contributed by atoms with Crippen molar-refractivity contribution in [2.45, 2.75) is 19.4 Å². The van der Waals surface area contributed by atoms with Gasteiger partial charge in [-0.25, -0.2) is 0 Å². The van der Waals surface area contributed by atoms with Gasteiger partial charge in [-0.15, -0.1) is 11.3 Å². The van der Waals surface area contributed by atoms with Gasteiger partial charge in [-0.2, -0.15) is 0 Å². The second kappa shape index (κ2) is 4.99. The molecule has 16 heavy (non-hydrogen) atoms. The average Bonchev–Trinajstić information content (AvgIpc) is 2.74. The van der Waals surface area contributed by atoms with Gasteiger partial charge in [0.15, 0.2) is 0 Å². The number of aromatic nitrogens is 1. The van der Waals surface area contributed by atoms with E-state index >= 15 is 0 Å². The van der Waals surface area contributed by atoms with Gasteiger partial charge in [-0.1, -0.05) is 6.07 Å². The second-order valence-electron chi connectivity index (χ2n) is 3.79. The molecule has 84 valence electrons. The van der Waals surface area contributed by atoms with Crippen LogP contribution in [-0.4, -0.2) is 11.0 Å². The van der Waals surface area contributed by atoms with Crippen LogP contribution in [0.5, 0.6) is 0 Å². The summed E-state index contributed by atoms with van der Waals surface area (Å²) < 4.78 is 0. The smallest absolute Gasteiger partial charge is 0.0736 e. The highest BCUT2D eigenvalue weighted by atomic mass is 32.1. The summed E-state index contributed by atoms with van der Waals surface area (Å²) in [6.07, 6.45) is 4.43. The Labute approximate surface area is 99.3 Å². The van der Waals surface area contributed by atoms with Crippen LogP contribution in [0.15, 0.2) is 36.0 Å². The van der Waals surface area contributed by atoms with Gasteiger partial charge in [0.1, 0.15) is 0 Å². The molecule has 2 aromatic heterocycles. The second-order valence-corrected chi connectivity index (χ2v) is 4.82. The van der Waals surface area contributed by atoms with E-state index in [1.807, 2.05) is 6.07 Å². The van der Waals surface area contributed by atoms with Crippen molar-refractivity contribution in [1.82, 2.24) is 4.98 Å². The summed E-state index contributed by atoms with van der Waals surface area (Å²) in [5.74, 6) is 0. The zero-order valence-electron chi connectivity index (χ0n) is 9.18. The summed E-state index contributed by atoms with van der Waals surface area (Å²) in [6.45, 7) is 2.15. The molecule has 0 radical (unpaired) electrons. The van der Waals surface area contributed by atoms with Crippen molar-refractivity contribution in [3.63, 3.8) is 0 Å². The minimum Gasteiger partial charge on any atom is -0.396 e. The molecule has 0 aromatic carbocycles. The number of pyridine rings is 1. The van der Waals surface area contributed by atoms with Crippen molar-refractivity contribution in [1.29, 1.82) is 0 Å². The van der Waals surface area contributed by atoms with Gasteiger partial charge in [-0.3, -0.25) is 4.98 Å². The zero-order chi connectivity index (χ0) is 11.4. The average molecular weight is 233 g/mol. The molecular formula is C12H15N3S. The third-order valence-electron chi connectivity index (χ3n) is 2.34. The molecule has 0 aliphatic carbocycles. The number of rotatable bonds is 4. The van der Waals surface area contributed by atoms with E-state index in [9.17, 15) is 0 Å². The van der Waals surface area contributed by atoms with Gasteiger partial charge in [0.25, 0.3) is 0 Å². The molecule has 2 rings (SSSR count). The zero-order valence-corrected chi connectivity index (χ0v) is 10.00. The van der Waals surface area contributed by atoms with Crippen molar-refractivity contribution in [2.75, 3.05) is 11.1 Å². The SMILES string of the molecule is CC(Cc1cccs1)Nc1ccncc1N. The molecule has 3 nitrogen and oxygen atoms in total. The third-order valence-corrected chi connectivity index (χ3v) is 3.24. The van der Waals surface area contributed by atoms with Crippen molar-refractivity contribution >= 4 is 22.7 Å². The first kappa shape index (κ1) is 11.0. The van der Waals surface area contributed by atoms with E-state index in [1.54, 1.807) is 23.7 Å². The van der Waals surface area contributed by atoms with E-state index in [-0.39, 0.29) is 0 Å². The Hall–Kier alpha value is -1.55. The molecule has 4 heteroatoms. The fourth-order valence-corrected chi connectivity index (χ4v) is 2.42. The first-order valence-corrected chi connectivity index (χ1v) is 6.12. The molecule has 0 saturated heterocycles. The van der Waals surface area contributed by atoms with E-state index in [2.05, 4.69) is 34.7 Å². The predicted octanol–water partition coefficient (Wildman–Crippen LogP) is 2.77. The topological polar surface area (TPSA) is 50.9 Å². The lowest BCUT2D eigenvalue weighted by Crippen LogP contribution is -2.18. The van der Waals surface area contributed by atoms with Crippen molar-refractivity contribution in [3.05, 3.63) is 40.8 Å². The lowest BCUT2D eigenvalue weighted by atomic mass is 10.2. The normalized spacial score (nSPS) is 12.3. The largest absolute Gasteiger partial charge is 0.396 e. The summed E-state index contributed by atoms with van der Waals surface area (Å²) in [7, 11) is 0. The molecule has 0 fully saturated rings. The maximum Gasteiger partial charge on any atom is 0.0736 e. The van der Waals surface area contributed by atoms with Gasteiger partial charge in [0, 0.05) is 23.5 Å². The summed E-state index contributed by atoms with van der Waals surface area (Å²) >= 11 is 1.78. The number of nitrogen functional groups attached to an aromatic ring is 1. The first-order chi connectivity index (χ1) is 7.75. The predicted molar refractivity (Wildman–Crippen MR) is 69.8 cm³/mol. The van der Waals surface area contributed by atoms with E-state index < -0.39 is 0 Å². The molecule has 0 aliphatic rings. The monoisotopic (exact) mass is 233 g/mol. The number of nitrogens with one attached hydrogen (secondary N) is 1. The molecule has 2 heterocycles.